The molecule has 18 heavy (non-hydrogen) atoms. The zero-order chi connectivity index (χ0) is 13.1. The molecule has 4 nitrogen and oxygen atoms in total. The monoisotopic (exact) mass is 247 g/mol. The highest BCUT2D eigenvalue weighted by atomic mass is 19.1. The van der Waals surface area contributed by atoms with Crippen LogP contribution in [-0.4, -0.2) is 16.1 Å². The van der Waals surface area contributed by atoms with Gasteiger partial charge in [-0.15, -0.1) is 0 Å². The largest absolute Gasteiger partial charge is 0.478 e. The number of nitrogens with zero attached hydrogens (tertiary/aromatic N) is 1. The minimum absolute atomic E-state index is 0.217. The standard InChI is InChI=1S/C13H10FNO3/c1-8-6-10(3-4-11(8)13(16)17)18-12-5-2-9(14)7-15-12/h2-7H,1H3,(H,16,17). The molecule has 0 saturated carbocycles. The maximum atomic E-state index is 12.6. The number of hydrogen-bond donors (Lipinski definition) is 1. The van der Waals surface area contributed by atoms with E-state index in [0.717, 1.165) is 6.20 Å². The first-order valence-electron chi connectivity index (χ1n) is 5.19. The summed E-state index contributed by atoms with van der Waals surface area (Å²) in [5, 5.41) is 8.88. The zero-order valence-corrected chi connectivity index (χ0v) is 9.55. The van der Waals surface area contributed by atoms with Crippen LogP contribution in [0.15, 0.2) is 36.5 Å². The molecule has 0 aliphatic rings. The smallest absolute Gasteiger partial charge is 0.335 e. The number of pyridine rings is 1. The Kier molecular flexibility index (Phi) is 3.23. The SMILES string of the molecule is Cc1cc(Oc2ccc(F)cn2)ccc1C(=O)O. The molecule has 0 aliphatic heterocycles. The summed E-state index contributed by atoms with van der Waals surface area (Å²) in [4.78, 5) is 14.6. The van der Waals surface area contributed by atoms with E-state index in [4.69, 9.17) is 9.84 Å². The van der Waals surface area contributed by atoms with Crippen LogP contribution < -0.4 is 4.74 Å². The highest BCUT2D eigenvalue weighted by Gasteiger charge is 2.08. The van der Waals surface area contributed by atoms with E-state index in [1.807, 2.05) is 0 Å². The van der Waals surface area contributed by atoms with Crippen LogP contribution in [0.3, 0.4) is 0 Å². The van der Waals surface area contributed by atoms with E-state index in [9.17, 15) is 9.18 Å². The number of ether oxygens (including phenoxy) is 1. The molecule has 1 aromatic heterocycles. The predicted octanol–water partition coefficient (Wildman–Crippen LogP) is 3.02. The van der Waals surface area contributed by atoms with Gasteiger partial charge in [-0.05, 0) is 36.8 Å². The second-order valence-electron chi connectivity index (χ2n) is 3.70. The second kappa shape index (κ2) is 4.83. The zero-order valence-electron chi connectivity index (χ0n) is 9.55. The van der Waals surface area contributed by atoms with Crippen molar-refractivity contribution in [2.45, 2.75) is 6.92 Å². The summed E-state index contributed by atoms with van der Waals surface area (Å²) >= 11 is 0. The van der Waals surface area contributed by atoms with Crippen LogP contribution in [0.1, 0.15) is 15.9 Å². The van der Waals surface area contributed by atoms with Gasteiger partial charge in [0.15, 0.2) is 0 Å². The van der Waals surface area contributed by atoms with E-state index in [1.165, 1.54) is 24.3 Å². The average molecular weight is 247 g/mol. The lowest BCUT2D eigenvalue weighted by Crippen LogP contribution is -1.99. The molecule has 0 bridgehead atoms. The van der Waals surface area contributed by atoms with Crippen LogP contribution in [-0.2, 0) is 0 Å². The van der Waals surface area contributed by atoms with Gasteiger partial charge in [0.1, 0.15) is 11.6 Å². The Bertz CT molecular complexity index is 581. The molecule has 0 fully saturated rings. The third kappa shape index (κ3) is 2.63. The summed E-state index contributed by atoms with van der Waals surface area (Å²) < 4.78 is 18.0. The molecule has 0 atom stereocenters. The number of halogens is 1. The van der Waals surface area contributed by atoms with Crippen LogP contribution in [0.4, 0.5) is 4.39 Å². The lowest BCUT2D eigenvalue weighted by Gasteiger charge is -2.06. The lowest BCUT2D eigenvalue weighted by molar-refractivity contribution is 0.0696. The lowest BCUT2D eigenvalue weighted by atomic mass is 10.1. The molecule has 0 radical (unpaired) electrons. The molecule has 0 spiro atoms. The first kappa shape index (κ1) is 12.0. The third-order valence-electron chi connectivity index (χ3n) is 2.35. The van der Waals surface area contributed by atoms with Crippen molar-refractivity contribution in [3.8, 4) is 11.6 Å². The minimum atomic E-state index is -0.987. The van der Waals surface area contributed by atoms with Crippen LogP contribution in [0.2, 0.25) is 0 Å². The maximum Gasteiger partial charge on any atom is 0.335 e. The molecule has 5 heteroatoms. The Labute approximate surface area is 103 Å². The summed E-state index contributed by atoms with van der Waals surface area (Å²) in [7, 11) is 0. The van der Waals surface area contributed by atoms with Gasteiger partial charge in [0, 0.05) is 6.07 Å². The molecule has 0 aliphatic carbocycles. The number of carbonyl (C=O) groups is 1. The second-order valence-corrected chi connectivity index (χ2v) is 3.70. The van der Waals surface area contributed by atoms with Gasteiger partial charge in [0.2, 0.25) is 5.88 Å². The van der Waals surface area contributed by atoms with Crippen molar-refractivity contribution < 1.29 is 19.0 Å². The van der Waals surface area contributed by atoms with Gasteiger partial charge in [-0.1, -0.05) is 0 Å². The third-order valence-corrected chi connectivity index (χ3v) is 2.35. The fourth-order valence-electron chi connectivity index (χ4n) is 1.48. The molecule has 1 aromatic carbocycles. The van der Waals surface area contributed by atoms with Gasteiger partial charge in [-0.25, -0.2) is 14.2 Å². The van der Waals surface area contributed by atoms with Gasteiger partial charge < -0.3 is 9.84 Å². The molecule has 0 saturated heterocycles. The number of rotatable bonds is 3. The number of benzene rings is 1. The maximum absolute atomic E-state index is 12.6. The molecule has 92 valence electrons. The van der Waals surface area contributed by atoms with E-state index in [-0.39, 0.29) is 11.4 Å². The Morgan fingerprint density at radius 3 is 2.67 bits per heavy atom. The highest BCUT2D eigenvalue weighted by Crippen LogP contribution is 2.22. The summed E-state index contributed by atoms with van der Waals surface area (Å²) in [5.41, 5.74) is 0.802. The van der Waals surface area contributed by atoms with Crippen molar-refractivity contribution in [3.05, 3.63) is 53.5 Å². The van der Waals surface area contributed by atoms with Gasteiger partial charge in [0.25, 0.3) is 0 Å². The highest BCUT2D eigenvalue weighted by molar-refractivity contribution is 5.89. The van der Waals surface area contributed by atoms with Crippen molar-refractivity contribution in [1.29, 1.82) is 0 Å². The molecular weight excluding hydrogens is 237 g/mol. The summed E-state index contributed by atoms with van der Waals surface area (Å²) in [5.74, 6) is -0.728. The van der Waals surface area contributed by atoms with Gasteiger partial charge in [-0.3, -0.25) is 0 Å². The Hall–Kier alpha value is -2.43. The fourth-order valence-corrected chi connectivity index (χ4v) is 1.48. The molecular formula is C13H10FNO3. The molecule has 1 heterocycles. The topological polar surface area (TPSA) is 59.4 Å². The Morgan fingerprint density at radius 1 is 1.33 bits per heavy atom. The van der Waals surface area contributed by atoms with Crippen molar-refractivity contribution in [2.75, 3.05) is 0 Å². The first-order chi connectivity index (χ1) is 8.56. The molecule has 1 N–H and O–H groups in total. The van der Waals surface area contributed by atoms with E-state index in [2.05, 4.69) is 4.98 Å². The molecule has 2 rings (SSSR count). The van der Waals surface area contributed by atoms with Crippen LogP contribution in [0.25, 0.3) is 0 Å². The molecule has 0 unspecified atom stereocenters. The van der Waals surface area contributed by atoms with Crippen LogP contribution >= 0.6 is 0 Å². The van der Waals surface area contributed by atoms with Crippen molar-refractivity contribution in [3.63, 3.8) is 0 Å². The summed E-state index contributed by atoms with van der Waals surface area (Å²) in [6.45, 7) is 1.68. The van der Waals surface area contributed by atoms with E-state index < -0.39 is 11.8 Å². The molecule has 0 amide bonds. The summed E-state index contributed by atoms with van der Waals surface area (Å²) in [6.07, 6.45) is 1.05. The van der Waals surface area contributed by atoms with E-state index in [1.54, 1.807) is 13.0 Å². The number of aromatic carboxylic acids is 1. The molecule has 2 aromatic rings. The first-order valence-corrected chi connectivity index (χ1v) is 5.19. The van der Waals surface area contributed by atoms with Crippen molar-refractivity contribution >= 4 is 5.97 Å². The Balaban J connectivity index is 2.22. The number of aromatic nitrogens is 1. The van der Waals surface area contributed by atoms with Crippen LogP contribution in [0.5, 0.6) is 11.6 Å². The summed E-state index contributed by atoms with van der Waals surface area (Å²) in [6, 6.07) is 7.21. The minimum Gasteiger partial charge on any atom is -0.478 e. The van der Waals surface area contributed by atoms with E-state index >= 15 is 0 Å². The van der Waals surface area contributed by atoms with Crippen LogP contribution in [0, 0.1) is 12.7 Å². The Morgan fingerprint density at radius 2 is 2.11 bits per heavy atom. The van der Waals surface area contributed by atoms with Crippen molar-refractivity contribution in [2.24, 2.45) is 0 Å². The average Bonchev–Trinajstić information content (AvgIpc) is 2.32. The van der Waals surface area contributed by atoms with Crippen molar-refractivity contribution in [1.82, 2.24) is 4.98 Å². The van der Waals surface area contributed by atoms with E-state index in [0.29, 0.717) is 11.3 Å². The normalized spacial score (nSPS) is 10.1. The number of carboxylic acid groups (broad SMARTS) is 1. The predicted molar refractivity (Wildman–Crippen MR) is 62.4 cm³/mol. The number of hydrogen-bond acceptors (Lipinski definition) is 3. The number of aryl methyl sites for hydroxylation is 1. The quantitative estimate of drug-likeness (QED) is 0.905. The fraction of sp³-hybridized carbons (Fsp3) is 0.0769. The van der Waals surface area contributed by atoms with Gasteiger partial charge in [0.05, 0.1) is 11.8 Å². The van der Waals surface area contributed by atoms with Gasteiger partial charge >= 0.3 is 5.97 Å². The number of carboxylic acids is 1. The van der Waals surface area contributed by atoms with Gasteiger partial charge in [-0.2, -0.15) is 0 Å².